The van der Waals surface area contributed by atoms with Crippen LogP contribution in [0.1, 0.15) is 28.8 Å². The Bertz CT molecular complexity index is 1320. The van der Waals surface area contributed by atoms with Gasteiger partial charge in [-0.05, 0) is 60.9 Å². The van der Waals surface area contributed by atoms with Gasteiger partial charge in [-0.3, -0.25) is 19.7 Å². The van der Waals surface area contributed by atoms with Crippen LogP contribution < -0.4 is 5.32 Å². The summed E-state index contributed by atoms with van der Waals surface area (Å²) in [5, 5.41) is 13.3. The molecular weight excluding hydrogens is 433 g/mol. The zero-order valence-corrected chi connectivity index (χ0v) is 18.5. The van der Waals surface area contributed by atoms with E-state index < -0.39 is 5.82 Å². The van der Waals surface area contributed by atoms with Gasteiger partial charge < -0.3 is 10.4 Å². The van der Waals surface area contributed by atoms with Crippen LogP contribution in [0.2, 0.25) is 0 Å². The molecule has 1 amide bonds. The van der Waals surface area contributed by atoms with Gasteiger partial charge in [0.05, 0.1) is 17.8 Å². The van der Waals surface area contributed by atoms with Crippen LogP contribution in [0.3, 0.4) is 0 Å². The van der Waals surface area contributed by atoms with Crippen LogP contribution in [-0.2, 0) is 6.54 Å². The van der Waals surface area contributed by atoms with Crippen LogP contribution in [-0.4, -0.2) is 50.1 Å². The number of aliphatic hydroxyl groups is 1. The number of aromatic nitrogens is 3. The Morgan fingerprint density at radius 1 is 1.00 bits per heavy atom. The smallest absolute Gasteiger partial charge is 0.256 e. The molecule has 1 fully saturated rings. The molecule has 0 radical (unpaired) electrons. The summed E-state index contributed by atoms with van der Waals surface area (Å²) in [5.41, 5.74) is 4.03. The molecule has 1 saturated heterocycles. The topological polar surface area (TPSA) is 91.2 Å². The first-order valence-corrected chi connectivity index (χ1v) is 11.2. The number of hydrogen-bond acceptors (Lipinski definition) is 6. The Kier molecular flexibility index (Phi) is 6.24. The molecule has 7 nitrogen and oxygen atoms in total. The van der Waals surface area contributed by atoms with Crippen molar-refractivity contribution in [3.05, 3.63) is 84.2 Å². The molecule has 3 aromatic heterocycles. The predicted octanol–water partition coefficient (Wildman–Crippen LogP) is 4.04. The van der Waals surface area contributed by atoms with Crippen LogP contribution in [0.15, 0.2) is 67.3 Å². The molecule has 0 spiro atoms. The number of nitrogens with zero attached hydrogens (tertiary/aromatic N) is 4. The second kappa shape index (κ2) is 9.62. The largest absolute Gasteiger partial charge is 0.393 e. The normalized spacial score (nSPS) is 14.9. The van der Waals surface area contributed by atoms with E-state index in [-0.39, 0.29) is 12.0 Å². The Morgan fingerprint density at radius 2 is 1.76 bits per heavy atom. The maximum atomic E-state index is 13.1. The summed E-state index contributed by atoms with van der Waals surface area (Å²) in [4.78, 5) is 28.0. The zero-order valence-electron chi connectivity index (χ0n) is 18.5. The minimum Gasteiger partial charge on any atom is -0.393 e. The van der Waals surface area contributed by atoms with Crippen molar-refractivity contribution >= 4 is 22.6 Å². The minimum atomic E-state index is -0.396. The summed E-state index contributed by atoms with van der Waals surface area (Å²) in [5.74, 6) is -0.370. The SMILES string of the molecule is O=C(Nc1cc2cc(-c3cncc(CN4CCC(O)CC4)c3)cnc2cn1)c1ccc(F)cc1. The van der Waals surface area contributed by atoms with Crippen LogP contribution in [0.4, 0.5) is 10.2 Å². The van der Waals surface area contributed by atoms with Gasteiger partial charge in [-0.2, -0.15) is 0 Å². The lowest BCUT2D eigenvalue weighted by Crippen LogP contribution is -2.35. The summed E-state index contributed by atoms with van der Waals surface area (Å²) in [6, 6.07) is 11.2. The number of amides is 1. The van der Waals surface area contributed by atoms with E-state index in [1.807, 2.05) is 18.5 Å². The van der Waals surface area contributed by atoms with Crippen molar-refractivity contribution in [2.45, 2.75) is 25.5 Å². The summed E-state index contributed by atoms with van der Waals surface area (Å²) < 4.78 is 13.1. The van der Waals surface area contributed by atoms with Crippen molar-refractivity contribution in [3.8, 4) is 11.1 Å². The molecule has 2 N–H and O–H groups in total. The molecule has 34 heavy (non-hydrogen) atoms. The van der Waals surface area contributed by atoms with E-state index in [1.165, 1.54) is 24.3 Å². The third-order valence-electron chi connectivity index (χ3n) is 6.01. The van der Waals surface area contributed by atoms with Crippen molar-refractivity contribution in [1.82, 2.24) is 19.9 Å². The number of nitrogens with one attached hydrogen (secondary N) is 1. The van der Waals surface area contributed by atoms with Gasteiger partial charge in [-0.15, -0.1) is 0 Å². The lowest BCUT2D eigenvalue weighted by atomic mass is 10.0. The number of carbonyl (C=O) groups excluding carboxylic acids is 1. The predicted molar refractivity (Wildman–Crippen MR) is 128 cm³/mol. The number of hydrogen-bond donors (Lipinski definition) is 2. The summed E-state index contributed by atoms with van der Waals surface area (Å²) >= 11 is 0. The van der Waals surface area contributed by atoms with Gasteiger partial charge >= 0.3 is 0 Å². The number of aliphatic hydroxyl groups excluding tert-OH is 1. The van der Waals surface area contributed by atoms with Gasteiger partial charge in [0.2, 0.25) is 0 Å². The van der Waals surface area contributed by atoms with Crippen LogP contribution in [0, 0.1) is 5.82 Å². The number of carbonyl (C=O) groups is 1. The Labute approximate surface area is 196 Å². The molecule has 8 heteroatoms. The maximum Gasteiger partial charge on any atom is 0.256 e. The molecule has 5 rings (SSSR count). The lowest BCUT2D eigenvalue weighted by Gasteiger charge is -2.29. The third kappa shape index (κ3) is 5.08. The van der Waals surface area contributed by atoms with E-state index in [1.54, 1.807) is 18.5 Å². The highest BCUT2D eigenvalue weighted by molar-refractivity contribution is 6.04. The molecule has 0 atom stereocenters. The molecule has 1 aliphatic heterocycles. The van der Waals surface area contributed by atoms with Gasteiger partial charge in [0.25, 0.3) is 5.91 Å². The van der Waals surface area contributed by atoms with Gasteiger partial charge in [0.1, 0.15) is 11.6 Å². The highest BCUT2D eigenvalue weighted by atomic mass is 19.1. The van der Waals surface area contributed by atoms with Crippen molar-refractivity contribution in [1.29, 1.82) is 0 Å². The molecule has 0 unspecified atom stereocenters. The second-order valence-electron chi connectivity index (χ2n) is 8.54. The number of likely N-dealkylation sites (tertiary alicyclic amines) is 1. The van der Waals surface area contributed by atoms with Gasteiger partial charge in [0, 0.05) is 60.3 Å². The fourth-order valence-electron chi connectivity index (χ4n) is 4.11. The van der Waals surface area contributed by atoms with E-state index in [0.717, 1.165) is 54.6 Å². The van der Waals surface area contributed by atoms with Crippen LogP contribution in [0.5, 0.6) is 0 Å². The Morgan fingerprint density at radius 3 is 2.56 bits per heavy atom. The quantitative estimate of drug-likeness (QED) is 0.470. The number of anilines is 1. The maximum absolute atomic E-state index is 13.1. The zero-order chi connectivity index (χ0) is 23.5. The van der Waals surface area contributed by atoms with E-state index in [4.69, 9.17) is 0 Å². The Balaban J connectivity index is 1.35. The highest BCUT2D eigenvalue weighted by Crippen LogP contribution is 2.25. The molecule has 4 heterocycles. The van der Waals surface area contributed by atoms with Crippen molar-refractivity contribution in [2.24, 2.45) is 0 Å². The first-order valence-electron chi connectivity index (χ1n) is 11.2. The standard InChI is InChI=1S/C26H24FN5O2/c27-22-3-1-18(2-4-22)26(34)31-25-11-19-10-21(14-29-24(19)15-30-25)20-9-17(12-28-13-20)16-32-7-5-23(33)6-8-32/h1-4,9-15,23,33H,5-8,16H2,(H,30,31,34). The average Bonchev–Trinajstić information content (AvgIpc) is 2.85. The van der Waals surface area contributed by atoms with Gasteiger partial charge in [-0.1, -0.05) is 0 Å². The highest BCUT2D eigenvalue weighted by Gasteiger charge is 2.17. The van der Waals surface area contributed by atoms with Crippen molar-refractivity contribution in [2.75, 3.05) is 18.4 Å². The molecule has 1 aromatic carbocycles. The van der Waals surface area contributed by atoms with Crippen molar-refractivity contribution < 1.29 is 14.3 Å². The van der Waals surface area contributed by atoms with Crippen LogP contribution >= 0.6 is 0 Å². The van der Waals surface area contributed by atoms with Crippen LogP contribution in [0.25, 0.3) is 22.0 Å². The second-order valence-corrected chi connectivity index (χ2v) is 8.54. The van der Waals surface area contributed by atoms with E-state index in [9.17, 15) is 14.3 Å². The molecule has 0 saturated carbocycles. The summed E-state index contributed by atoms with van der Waals surface area (Å²) in [7, 11) is 0. The fraction of sp³-hybridized carbons (Fsp3) is 0.231. The summed E-state index contributed by atoms with van der Waals surface area (Å²) in [6.07, 6.45) is 8.49. The Hall–Kier alpha value is -3.75. The number of fused-ring (bicyclic) bond motifs is 1. The third-order valence-corrected chi connectivity index (χ3v) is 6.01. The van der Waals surface area contributed by atoms with E-state index >= 15 is 0 Å². The molecule has 1 aliphatic rings. The average molecular weight is 458 g/mol. The van der Waals surface area contributed by atoms with E-state index in [2.05, 4.69) is 31.2 Å². The molecule has 4 aromatic rings. The number of pyridine rings is 3. The lowest BCUT2D eigenvalue weighted by molar-refractivity contribution is 0.0792. The molecular formula is C26H24FN5O2. The minimum absolute atomic E-state index is 0.191. The summed E-state index contributed by atoms with van der Waals surface area (Å²) in [6.45, 7) is 2.54. The number of rotatable bonds is 5. The monoisotopic (exact) mass is 457 g/mol. The number of halogens is 1. The van der Waals surface area contributed by atoms with Gasteiger partial charge in [-0.25, -0.2) is 9.37 Å². The molecule has 172 valence electrons. The van der Waals surface area contributed by atoms with Crippen molar-refractivity contribution in [3.63, 3.8) is 0 Å². The molecule has 0 aliphatic carbocycles. The first-order chi connectivity index (χ1) is 16.5. The van der Waals surface area contributed by atoms with Gasteiger partial charge in [0.15, 0.2) is 0 Å². The fourth-order valence-corrected chi connectivity index (χ4v) is 4.11. The first kappa shape index (κ1) is 22.1. The van der Waals surface area contributed by atoms with E-state index in [0.29, 0.717) is 16.9 Å². The number of piperidine rings is 1. The molecule has 0 bridgehead atoms. The number of benzene rings is 1.